The van der Waals surface area contributed by atoms with Crippen molar-refractivity contribution < 1.29 is 28.5 Å². The zero-order valence-corrected chi connectivity index (χ0v) is 22.3. The Bertz CT molecular complexity index is 1240. The summed E-state index contributed by atoms with van der Waals surface area (Å²) in [7, 11) is 4.79. The number of ether oxygens (including phenoxy) is 4. The van der Waals surface area contributed by atoms with Gasteiger partial charge in [0.1, 0.15) is 17.2 Å². The van der Waals surface area contributed by atoms with Gasteiger partial charge in [-0.25, -0.2) is 4.79 Å². The molecule has 1 aliphatic carbocycles. The van der Waals surface area contributed by atoms with E-state index in [0.717, 1.165) is 22.6 Å². The van der Waals surface area contributed by atoms with E-state index in [1.54, 1.807) is 27.4 Å². The fraction of sp³-hybridized carbons (Fsp3) is 0.400. The molecular weight excluding hydrogens is 470 g/mol. The molecule has 0 radical (unpaired) electrons. The Morgan fingerprint density at radius 3 is 2.30 bits per heavy atom. The number of allylic oxidation sites excluding steroid dienone is 3. The third kappa shape index (κ3) is 5.22. The number of dihydropyridines is 1. The van der Waals surface area contributed by atoms with Crippen molar-refractivity contribution in [2.24, 2.45) is 0 Å². The van der Waals surface area contributed by atoms with Crippen molar-refractivity contribution in [3.05, 3.63) is 76.1 Å². The highest BCUT2D eigenvalue weighted by Crippen LogP contribution is 2.48. The van der Waals surface area contributed by atoms with Crippen LogP contribution in [0.5, 0.6) is 17.2 Å². The zero-order chi connectivity index (χ0) is 26.7. The van der Waals surface area contributed by atoms with E-state index in [2.05, 4.69) is 5.32 Å². The molecule has 7 heteroatoms. The summed E-state index contributed by atoms with van der Waals surface area (Å²) in [5.41, 5.74) is 4.33. The second-order valence-electron chi connectivity index (χ2n) is 9.52. The van der Waals surface area contributed by atoms with Gasteiger partial charge in [-0.1, -0.05) is 25.1 Å². The maximum atomic E-state index is 13.8. The first-order valence-corrected chi connectivity index (χ1v) is 12.6. The van der Waals surface area contributed by atoms with E-state index in [9.17, 15) is 9.59 Å². The summed E-state index contributed by atoms with van der Waals surface area (Å²) in [6.07, 6.45) is 1.43. The topological polar surface area (TPSA) is 83.1 Å². The molecule has 0 amide bonds. The predicted octanol–water partition coefficient (Wildman–Crippen LogP) is 5.42. The van der Waals surface area contributed by atoms with E-state index in [1.807, 2.05) is 57.2 Å². The summed E-state index contributed by atoms with van der Waals surface area (Å²) in [6.45, 7) is 5.69. The molecule has 196 valence electrons. The average Bonchev–Trinajstić information content (AvgIpc) is 2.91. The van der Waals surface area contributed by atoms with Crippen molar-refractivity contribution in [1.29, 1.82) is 0 Å². The number of methoxy groups -OCH3 is 3. The molecule has 7 nitrogen and oxygen atoms in total. The van der Waals surface area contributed by atoms with Crippen molar-refractivity contribution in [3.63, 3.8) is 0 Å². The van der Waals surface area contributed by atoms with Crippen molar-refractivity contribution in [2.45, 2.75) is 58.0 Å². The van der Waals surface area contributed by atoms with Gasteiger partial charge in [-0.15, -0.1) is 0 Å². The molecular formula is C30H35NO6. The molecule has 0 saturated carbocycles. The Morgan fingerprint density at radius 1 is 1.00 bits per heavy atom. The normalized spacial score (nSPS) is 20.1. The van der Waals surface area contributed by atoms with Crippen LogP contribution in [0, 0.1) is 0 Å². The third-order valence-corrected chi connectivity index (χ3v) is 7.27. The minimum absolute atomic E-state index is 0.00113. The van der Waals surface area contributed by atoms with Gasteiger partial charge in [0, 0.05) is 35.0 Å². The van der Waals surface area contributed by atoms with E-state index < -0.39 is 11.9 Å². The van der Waals surface area contributed by atoms with E-state index in [-0.39, 0.29) is 17.8 Å². The molecule has 0 fully saturated rings. The molecule has 1 aliphatic heterocycles. The van der Waals surface area contributed by atoms with E-state index in [1.165, 1.54) is 0 Å². The SMILES string of the molecule is CC[C@H](C)OC(=O)C1=C(C)NC2=C(C(=O)C[C@@H](c3ccc(OC)cc3)C2)[C@H]1c1ccc(OC)cc1OC. The van der Waals surface area contributed by atoms with Gasteiger partial charge in [0.05, 0.1) is 38.9 Å². The molecule has 1 heterocycles. The van der Waals surface area contributed by atoms with Crippen LogP contribution >= 0.6 is 0 Å². The largest absolute Gasteiger partial charge is 0.497 e. The van der Waals surface area contributed by atoms with Gasteiger partial charge >= 0.3 is 5.97 Å². The summed E-state index contributed by atoms with van der Waals surface area (Å²) in [5.74, 6) is 0.920. The molecule has 1 N–H and O–H groups in total. The Hall–Kier alpha value is -3.74. The predicted molar refractivity (Wildman–Crippen MR) is 141 cm³/mol. The highest BCUT2D eigenvalue weighted by Gasteiger charge is 2.42. The van der Waals surface area contributed by atoms with Gasteiger partial charge in [0.15, 0.2) is 5.78 Å². The maximum Gasteiger partial charge on any atom is 0.337 e. The number of rotatable bonds is 8. The third-order valence-electron chi connectivity index (χ3n) is 7.27. The summed E-state index contributed by atoms with van der Waals surface area (Å²) in [6, 6.07) is 13.3. The van der Waals surface area contributed by atoms with Gasteiger partial charge in [-0.05, 0) is 56.4 Å². The minimum atomic E-state index is -0.613. The van der Waals surface area contributed by atoms with E-state index in [4.69, 9.17) is 18.9 Å². The Morgan fingerprint density at radius 2 is 1.68 bits per heavy atom. The fourth-order valence-electron chi connectivity index (χ4n) is 5.12. The summed E-state index contributed by atoms with van der Waals surface area (Å²) in [4.78, 5) is 27.3. The van der Waals surface area contributed by atoms with Crippen LogP contribution in [0.25, 0.3) is 0 Å². The van der Waals surface area contributed by atoms with Crippen LogP contribution in [-0.4, -0.2) is 39.2 Å². The number of carbonyl (C=O) groups is 2. The molecule has 3 atom stereocenters. The van der Waals surface area contributed by atoms with E-state index in [0.29, 0.717) is 47.6 Å². The number of hydrogen-bond acceptors (Lipinski definition) is 7. The highest BCUT2D eigenvalue weighted by atomic mass is 16.5. The maximum absolute atomic E-state index is 13.8. The van der Waals surface area contributed by atoms with Crippen molar-refractivity contribution >= 4 is 11.8 Å². The molecule has 2 aromatic rings. The van der Waals surface area contributed by atoms with Crippen molar-refractivity contribution in [1.82, 2.24) is 5.32 Å². The summed E-state index contributed by atoms with van der Waals surface area (Å²) >= 11 is 0. The fourth-order valence-corrected chi connectivity index (χ4v) is 5.12. The molecule has 4 rings (SSSR count). The number of ketones is 1. The standard InChI is InChI=1S/C30H35NO6/c1-7-17(2)37-30(33)27-18(3)31-24-14-20(19-8-10-21(34-4)11-9-19)15-25(32)29(24)28(27)23-13-12-22(35-5)16-26(23)36-6/h8-13,16-17,20,28,31H,7,14-15H2,1-6H3/t17-,20-,28-/m0/s1. The van der Waals surface area contributed by atoms with Crippen LogP contribution in [0.3, 0.4) is 0 Å². The van der Waals surface area contributed by atoms with Crippen LogP contribution in [0.2, 0.25) is 0 Å². The molecule has 0 saturated heterocycles. The molecule has 2 aromatic carbocycles. The summed E-state index contributed by atoms with van der Waals surface area (Å²) < 4.78 is 22.1. The van der Waals surface area contributed by atoms with Crippen LogP contribution in [-0.2, 0) is 14.3 Å². The lowest BCUT2D eigenvalue weighted by Crippen LogP contribution is -2.36. The average molecular weight is 506 g/mol. The molecule has 0 unspecified atom stereocenters. The van der Waals surface area contributed by atoms with Gasteiger partial charge in [0.25, 0.3) is 0 Å². The Kier molecular flexibility index (Phi) is 7.91. The molecule has 2 aliphatic rings. The quantitative estimate of drug-likeness (QED) is 0.480. The minimum Gasteiger partial charge on any atom is -0.497 e. The summed E-state index contributed by atoms with van der Waals surface area (Å²) in [5, 5.41) is 3.40. The zero-order valence-electron chi connectivity index (χ0n) is 22.3. The second-order valence-corrected chi connectivity index (χ2v) is 9.52. The molecule has 0 aromatic heterocycles. The van der Waals surface area contributed by atoms with Gasteiger partial charge in [-0.3, -0.25) is 4.79 Å². The van der Waals surface area contributed by atoms with Crippen molar-refractivity contribution in [3.8, 4) is 17.2 Å². The number of nitrogens with one attached hydrogen (secondary N) is 1. The Labute approximate surface area is 218 Å². The lowest BCUT2D eigenvalue weighted by Gasteiger charge is -2.37. The lowest BCUT2D eigenvalue weighted by atomic mass is 9.71. The smallest absolute Gasteiger partial charge is 0.337 e. The van der Waals surface area contributed by atoms with Crippen molar-refractivity contribution in [2.75, 3.05) is 21.3 Å². The number of hydrogen-bond donors (Lipinski definition) is 1. The molecule has 37 heavy (non-hydrogen) atoms. The van der Waals surface area contributed by atoms with Gasteiger partial charge < -0.3 is 24.3 Å². The lowest BCUT2D eigenvalue weighted by molar-refractivity contribution is -0.144. The first-order valence-electron chi connectivity index (χ1n) is 12.6. The van der Waals surface area contributed by atoms with Gasteiger partial charge in [0.2, 0.25) is 0 Å². The van der Waals surface area contributed by atoms with Crippen LogP contribution in [0.15, 0.2) is 65.0 Å². The monoisotopic (exact) mass is 505 g/mol. The first-order chi connectivity index (χ1) is 17.8. The Balaban J connectivity index is 1.81. The van der Waals surface area contributed by atoms with Crippen LogP contribution < -0.4 is 19.5 Å². The van der Waals surface area contributed by atoms with E-state index >= 15 is 0 Å². The van der Waals surface area contributed by atoms with Gasteiger partial charge in [-0.2, -0.15) is 0 Å². The highest BCUT2D eigenvalue weighted by molar-refractivity contribution is 6.04. The number of carbonyl (C=O) groups excluding carboxylic acids is 2. The number of Topliss-reactive ketones (excluding diaryl/α,β-unsaturated/α-hetero) is 1. The second kappa shape index (κ2) is 11.1. The van der Waals surface area contributed by atoms with Crippen LogP contribution in [0.4, 0.5) is 0 Å². The number of benzene rings is 2. The molecule has 0 bridgehead atoms. The molecule has 0 spiro atoms. The first kappa shape index (κ1) is 26.3. The van der Waals surface area contributed by atoms with Crippen LogP contribution in [0.1, 0.15) is 63.0 Å². The number of esters is 1.